The van der Waals surface area contributed by atoms with E-state index in [-0.39, 0.29) is 5.91 Å². The maximum absolute atomic E-state index is 13.2. The lowest BCUT2D eigenvalue weighted by molar-refractivity contribution is 0.0733. The molecule has 0 bridgehead atoms. The second kappa shape index (κ2) is 8.73. The predicted octanol–water partition coefficient (Wildman–Crippen LogP) is 6.32. The third kappa shape index (κ3) is 4.12. The van der Waals surface area contributed by atoms with E-state index in [1.807, 2.05) is 59.5 Å². The lowest BCUT2D eigenvalue weighted by Gasteiger charge is -2.30. The van der Waals surface area contributed by atoms with Gasteiger partial charge in [0, 0.05) is 51.8 Å². The van der Waals surface area contributed by atoms with E-state index in [2.05, 4.69) is 0 Å². The lowest BCUT2D eigenvalue weighted by Crippen LogP contribution is -2.37. The summed E-state index contributed by atoms with van der Waals surface area (Å²) >= 11 is 12.2. The largest absolute Gasteiger partial charge is 0.334 e. The average Bonchev–Trinajstić information content (AvgIpc) is 2.83. The van der Waals surface area contributed by atoms with E-state index in [0.717, 1.165) is 28.1 Å². The third-order valence-electron chi connectivity index (χ3n) is 5.57. The highest BCUT2D eigenvalue weighted by atomic mass is 35.5. The highest BCUT2D eigenvalue weighted by molar-refractivity contribution is 6.31. The molecule has 0 aliphatic carbocycles. The predicted molar refractivity (Wildman–Crippen MR) is 128 cm³/mol. The Kier molecular flexibility index (Phi) is 5.64. The molecule has 0 saturated heterocycles. The van der Waals surface area contributed by atoms with Crippen LogP contribution in [-0.4, -0.2) is 27.3 Å². The smallest absolute Gasteiger partial charge is 0.254 e. The van der Waals surface area contributed by atoms with Crippen molar-refractivity contribution in [1.82, 2.24) is 14.9 Å². The molecule has 2 heterocycles. The van der Waals surface area contributed by atoms with Gasteiger partial charge >= 0.3 is 0 Å². The minimum absolute atomic E-state index is 0.0488. The van der Waals surface area contributed by atoms with E-state index in [1.54, 1.807) is 24.3 Å². The van der Waals surface area contributed by atoms with Crippen LogP contribution < -0.4 is 0 Å². The van der Waals surface area contributed by atoms with E-state index in [4.69, 9.17) is 33.2 Å². The molecule has 6 heteroatoms. The molecule has 0 spiro atoms. The summed E-state index contributed by atoms with van der Waals surface area (Å²) in [5, 5.41) is 1.21. The van der Waals surface area contributed by atoms with E-state index in [0.29, 0.717) is 40.9 Å². The van der Waals surface area contributed by atoms with Crippen LogP contribution in [-0.2, 0) is 13.0 Å². The first kappa shape index (κ1) is 20.7. The first-order valence-electron chi connectivity index (χ1n) is 10.3. The number of hydrogen-bond donors (Lipinski definition) is 0. The fraction of sp³-hybridized carbons (Fsp3) is 0.115. The number of carbonyl (C=O) groups is 1. The molecule has 4 nitrogen and oxygen atoms in total. The standard InChI is InChI=1S/C26H19Cl2N3O/c27-20-11-9-17(10-12-20)24-22-16-31(26(32)19-7-4-8-21(28)15-19)14-13-23(22)29-25(30-24)18-5-2-1-3-6-18/h1-12,15H,13-14,16H2. The normalized spacial score (nSPS) is 13.0. The molecule has 0 fully saturated rings. The van der Waals surface area contributed by atoms with Crippen molar-refractivity contribution >= 4 is 29.1 Å². The van der Waals surface area contributed by atoms with Gasteiger partial charge in [-0.15, -0.1) is 0 Å². The molecule has 5 rings (SSSR count). The van der Waals surface area contributed by atoms with Crippen molar-refractivity contribution in [1.29, 1.82) is 0 Å². The zero-order valence-corrected chi connectivity index (χ0v) is 18.6. The van der Waals surface area contributed by atoms with Crippen LogP contribution in [0.2, 0.25) is 10.0 Å². The Morgan fingerprint density at radius 3 is 2.34 bits per heavy atom. The minimum Gasteiger partial charge on any atom is -0.334 e. The molecular weight excluding hydrogens is 441 g/mol. The summed E-state index contributed by atoms with van der Waals surface area (Å²) in [6.45, 7) is 1.03. The first-order chi connectivity index (χ1) is 15.6. The van der Waals surface area contributed by atoms with E-state index < -0.39 is 0 Å². The first-order valence-corrected chi connectivity index (χ1v) is 11.1. The fourth-order valence-electron chi connectivity index (χ4n) is 3.95. The SMILES string of the molecule is O=C(c1cccc(Cl)c1)N1CCc2nc(-c3ccccc3)nc(-c3ccc(Cl)cc3)c2C1. The molecule has 0 N–H and O–H groups in total. The molecule has 158 valence electrons. The van der Waals surface area contributed by atoms with Crippen molar-refractivity contribution in [3.05, 3.63) is 106 Å². The van der Waals surface area contributed by atoms with Gasteiger partial charge in [-0.05, 0) is 30.3 Å². The second-order valence-corrected chi connectivity index (χ2v) is 8.55. The highest BCUT2D eigenvalue weighted by Gasteiger charge is 2.27. The van der Waals surface area contributed by atoms with Gasteiger partial charge in [0.1, 0.15) is 0 Å². The molecule has 4 aromatic rings. The van der Waals surface area contributed by atoms with Gasteiger partial charge in [-0.1, -0.05) is 71.7 Å². The van der Waals surface area contributed by atoms with Crippen LogP contribution in [0.25, 0.3) is 22.6 Å². The quantitative estimate of drug-likeness (QED) is 0.360. The molecule has 1 aromatic heterocycles. The molecular formula is C26H19Cl2N3O. The molecule has 1 aliphatic rings. The van der Waals surface area contributed by atoms with Crippen LogP contribution in [0.3, 0.4) is 0 Å². The molecule has 0 unspecified atom stereocenters. The Labute approximate surface area is 196 Å². The number of amides is 1. The molecule has 32 heavy (non-hydrogen) atoms. The van der Waals surface area contributed by atoms with Crippen molar-refractivity contribution in [2.45, 2.75) is 13.0 Å². The molecule has 3 aromatic carbocycles. The molecule has 0 atom stereocenters. The molecule has 1 aliphatic heterocycles. The van der Waals surface area contributed by atoms with Gasteiger partial charge < -0.3 is 4.90 Å². The number of benzene rings is 3. The Bertz CT molecular complexity index is 1290. The summed E-state index contributed by atoms with van der Waals surface area (Å²) in [5.74, 6) is 0.635. The van der Waals surface area contributed by atoms with Crippen molar-refractivity contribution in [2.75, 3.05) is 6.54 Å². The minimum atomic E-state index is -0.0488. The van der Waals surface area contributed by atoms with Crippen molar-refractivity contribution < 1.29 is 4.79 Å². The van der Waals surface area contributed by atoms with Crippen molar-refractivity contribution in [2.24, 2.45) is 0 Å². The summed E-state index contributed by atoms with van der Waals surface area (Å²) < 4.78 is 0. The number of nitrogens with zero attached hydrogens (tertiary/aromatic N) is 3. The maximum atomic E-state index is 13.2. The molecule has 1 amide bonds. The summed E-state index contributed by atoms with van der Waals surface area (Å²) in [5.41, 5.74) is 5.25. The summed E-state index contributed by atoms with van der Waals surface area (Å²) in [6, 6.07) is 24.6. The number of fused-ring (bicyclic) bond motifs is 1. The van der Waals surface area contributed by atoms with Crippen LogP contribution in [0, 0.1) is 0 Å². The van der Waals surface area contributed by atoms with Crippen molar-refractivity contribution in [3.63, 3.8) is 0 Å². The van der Waals surface area contributed by atoms with E-state index >= 15 is 0 Å². The topological polar surface area (TPSA) is 46.1 Å². The Hall–Kier alpha value is -3.21. The van der Waals surface area contributed by atoms with Gasteiger partial charge in [0.25, 0.3) is 5.91 Å². The number of hydrogen-bond acceptors (Lipinski definition) is 3. The number of carbonyl (C=O) groups excluding carboxylic acids is 1. The molecule has 0 radical (unpaired) electrons. The van der Waals surface area contributed by atoms with Crippen LogP contribution in [0.15, 0.2) is 78.9 Å². The zero-order chi connectivity index (χ0) is 22.1. The van der Waals surface area contributed by atoms with Gasteiger partial charge in [-0.25, -0.2) is 9.97 Å². The maximum Gasteiger partial charge on any atom is 0.254 e. The third-order valence-corrected chi connectivity index (χ3v) is 6.06. The molecule has 0 saturated carbocycles. The van der Waals surface area contributed by atoms with E-state index in [9.17, 15) is 4.79 Å². The van der Waals surface area contributed by atoms with Gasteiger partial charge in [0.15, 0.2) is 5.82 Å². The van der Waals surface area contributed by atoms with Gasteiger partial charge in [-0.2, -0.15) is 0 Å². The Morgan fingerprint density at radius 1 is 0.812 bits per heavy atom. The highest BCUT2D eigenvalue weighted by Crippen LogP contribution is 2.32. The van der Waals surface area contributed by atoms with Crippen LogP contribution in [0.5, 0.6) is 0 Å². The van der Waals surface area contributed by atoms with Crippen LogP contribution in [0.1, 0.15) is 21.6 Å². The van der Waals surface area contributed by atoms with Gasteiger partial charge in [-0.3, -0.25) is 4.79 Å². The second-order valence-electron chi connectivity index (χ2n) is 7.68. The van der Waals surface area contributed by atoms with E-state index in [1.165, 1.54) is 0 Å². The average molecular weight is 460 g/mol. The van der Waals surface area contributed by atoms with Crippen molar-refractivity contribution in [3.8, 4) is 22.6 Å². The lowest BCUT2D eigenvalue weighted by atomic mass is 9.98. The summed E-state index contributed by atoms with van der Waals surface area (Å²) in [7, 11) is 0. The fourth-order valence-corrected chi connectivity index (χ4v) is 4.27. The van der Waals surface area contributed by atoms with Crippen LogP contribution in [0.4, 0.5) is 0 Å². The number of aromatic nitrogens is 2. The number of halogens is 2. The Morgan fingerprint density at radius 2 is 1.59 bits per heavy atom. The Balaban J connectivity index is 1.58. The number of rotatable bonds is 3. The van der Waals surface area contributed by atoms with Crippen LogP contribution >= 0.6 is 23.2 Å². The summed E-state index contributed by atoms with van der Waals surface area (Å²) in [4.78, 5) is 24.8. The monoisotopic (exact) mass is 459 g/mol. The van der Waals surface area contributed by atoms with Gasteiger partial charge in [0.05, 0.1) is 11.4 Å². The van der Waals surface area contributed by atoms with Gasteiger partial charge in [0.2, 0.25) is 0 Å². The summed E-state index contributed by atoms with van der Waals surface area (Å²) in [6.07, 6.45) is 0.657. The zero-order valence-electron chi connectivity index (χ0n) is 17.1.